The molecule has 0 radical (unpaired) electrons. The van der Waals surface area contributed by atoms with Gasteiger partial charge in [-0.25, -0.2) is 5.01 Å². The molecule has 6 nitrogen and oxygen atoms in total. The third kappa shape index (κ3) is 5.37. The SMILES string of the molecule is Cc1cc(C)c(OCC(=O)N(CCN2CCCC2)N=Cc2ccc3cc[nH]c3c2)c(C)c1. The Morgan fingerprint density at radius 1 is 1.12 bits per heavy atom. The van der Waals surface area contributed by atoms with Gasteiger partial charge in [0, 0.05) is 18.3 Å². The number of ether oxygens (including phenoxy) is 1. The molecule has 0 aliphatic carbocycles. The highest BCUT2D eigenvalue weighted by Crippen LogP contribution is 2.24. The van der Waals surface area contributed by atoms with Crippen molar-refractivity contribution in [2.45, 2.75) is 33.6 Å². The van der Waals surface area contributed by atoms with Crippen LogP contribution >= 0.6 is 0 Å². The minimum atomic E-state index is -0.138. The molecular weight excluding hydrogens is 400 g/mol. The van der Waals surface area contributed by atoms with Gasteiger partial charge in [-0.3, -0.25) is 4.79 Å². The zero-order valence-electron chi connectivity index (χ0n) is 19.2. The summed E-state index contributed by atoms with van der Waals surface area (Å²) in [4.78, 5) is 18.7. The molecule has 0 atom stereocenters. The number of aromatic amines is 1. The number of nitrogens with one attached hydrogen (secondary N) is 1. The molecule has 168 valence electrons. The number of benzene rings is 2. The van der Waals surface area contributed by atoms with Gasteiger partial charge in [0.1, 0.15) is 5.75 Å². The van der Waals surface area contributed by atoms with Gasteiger partial charge in [-0.2, -0.15) is 5.10 Å². The Morgan fingerprint density at radius 3 is 2.62 bits per heavy atom. The fraction of sp³-hybridized carbons (Fsp3) is 0.385. The number of H-pyrrole nitrogens is 1. The maximum Gasteiger partial charge on any atom is 0.280 e. The van der Waals surface area contributed by atoms with Crippen molar-refractivity contribution in [3.05, 3.63) is 64.8 Å². The number of aromatic nitrogens is 1. The van der Waals surface area contributed by atoms with Crippen LogP contribution in [-0.4, -0.2) is 59.8 Å². The molecule has 3 aromatic rings. The maximum absolute atomic E-state index is 13.1. The van der Waals surface area contributed by atoms with Gasteiger partial charge >= 0.3 is 0 Å². The summed E-state index contributed by atoms with van der Waals surface area (Å²) in [5.74, 6) is 0.644. The van der Waals surface area contributed by atoms with Crippen molar-refractivity contribution >= 4 is 23.0 Å². The monoisotopic (exact) mass is 432 g/mol. The van der Waals surface area contributed by atoms with Crippen molar-refractivity contribution in [1.29, 1.82) is 0 Å². The Labute approximate surface area is 189 Å². The van der Waals surface area contributed by atoms with Crippen LogP contribution < -0.4 is 4.74 Å². The first-order valence-corrected chi connectivity index (χ1v) is 11.3. The number of hydrogen-bond donors (Lipinski definition) is 1. The number of nitrogens with zero attached hydrogens (tertiary/aromatic N) is 3. The van der Waals surface area contributed by atoms with Gasteiger partial charge in [-0.05, 0) is 80.9 Å². The lowest BCUT2D eigenvalue weighted by atomic mass is 10.1. The van der Waals surface area contributed by atoms with Gasteiger partial charge < -0.3 is 14.6 Å². The zero-order valence-corrected chi connectivity index (χ0v) is 19.2. The average Bonchev–Trinajstić information content (AvgIpc) is 3.44. The van der Waals surface area contributed by atoms with Crippen LogP contribution in [0.5, 0.6) is 5.75 Å². The normalized spacial score (nSPS) is 14.5. The number of rotatable bonds is 8. The number of aryl methyl sites for hydroxylation is 3. The number of carbonyl (C=O) groups is 1. The van der Waals surface area contributed by atoms with E-state index in [2.05, 4.69) is 40.1 Å². The molecule has 4 rings (SSSR count). The van der Waals surface area contributed by atoms with E-state index < -0.39 is 0 Å². The Bertz CT molecular complexity index is 1090. The number of carbonyl (C=O) groups excluding carboxylic acids is 1. The number of likely N-dealkylation sites (tertiary alicyclic amines) is 1. The van der Waals surface area contributed by atoms with E-state index in [9.17, 15) is 4.79 Å². The van der Waals surface area contributed by atoms with E-state index in [-0.39, 0.29) is 12.5 Å². The smallest absolute Gasteiger partial charge is 0.280 e. The molecule has 32 heavy (non-hydrogen) atoms. The Morgan fingerprint density at radius 2 is 1.88 bits per heavy atom. The first-order valence-electron chi connectivity index (χ1n) is 11.3. The summed E-state index contributed by atoms with van der Waals surface area (Å²) in [6.45, 7) is 9.61. The molecule has 0 bridgehead atoms. The summed E-state index contributed by atoms with van der Waals surface area (Å²) in [6, 6.07) is 12.3. The average molecular weight is 433 g/mol. The van der Waals surface area contributed by atoms with Crippen LogP contribution in [0.3, 0.4) is 0 Å². The summed E-state index contributed by atoms with van der Waals surface area (Å²) in [5, 5.41) is 7.26. The molecule has 1 saturated heterocycles. The highest BCUT2D eigenvalue weighted by atomic mass is 16.5. The van der Waals surface area contributed by atoms with Crippen molar-refractivity contribution in [3.63, 3.8) is 0 Å². The predicted octanol–water partition coefficient (Wildman–Crippen LogP) is 4.43. The second kappa shape index (κ2) is 10.0. The van der Waals surface area contributed by atoms with Crippen LogP contribution in [0.15, 0.2) is 47.7 Å². The maximum atomic E-state index is 13.1. The molecule has 2 heterocycles. The molecular formula is C26H32N4O2. The van der Waals surface area contributed by atoms with Crippen molar-refractivity contribution < 1.29 is 9.53 Å². The number of amides is 1. The fourth-order valence-corrected chi connectivity index (χ4v) is 4.37. The number of hydrogen-bond acceptors (Lipinski definition) is 4. The molecule has 1 amide bonds. The van der Waals surface area contributed by atoms with Gasteiger partial charge in [0.2, 0.25) is 0 Å². The molecule has 6 heteroatoms. The lowest BCUT2D eigenvalue weighted by Gasteiger charge is -2.22. The molecule has 0 saturated carbocycles. The molecule has 0 unspecified atom stereocenters. The third-order valence-corrected chi connectivity index (χ3v) is 5.98. The van der Waals surface area contributed by atoms with Gasteiger partial charge in [0.15, 0.2) is 6.61 Å². The fourth-order valence-electron chi connectivity index (χ4n) is 4.37. The summed E-state index contributed by atoms with van der Waals surface area (Å²) < 4.78 is 5.95. The van der Waals surface area contributed by atoms with Gasteiger partial charge in [-0.1, -0.05) is 29.8 Å². The highest BCUT2D eigenvalue weighted by Gasteiger charge is 2.18. The predicted molar refractivity (Wildman–Crippen MR) is 129 cm³/mol. The highest BCUT2D eigenvalue weighted by molar-refractivity contribution is 5.89. The van der Waals surface area contributed by atoms with Crippen LogP contribution in [0.2, 0.25) is 0 Å². The standard InChI is InChI=1S/C26H32N4O2/c1-19-14-20(2)26(21(3)15-19)32-18-25(31)30(13-12-29-10-4-5-11-29)28-17-22-6-7-23-8-9-27-24(23)16-22/h6-9,14-17,27H,4-5,10-13,18H2,1-3H3. The molecule has 2 aromatic carbocycles. The molecule has 1 aliphatic rings. The molecule has 1 aromatic heterocycles. The second-order valence-corrected chi connectivity index (χ2v) is 8.65. The van der Waals surface area contributed by atoms with E-state index in [0.29, 0.717) is 6.54 Å². The molecule has 1 fully saturated rings. The number of fused-ring (bicyclic) bond motifs is 1. The van der Waals surface area contributed by atoms with Crippen molar-refractivity contribution in [2.24, 2.45) is 5.10 Å². The van der Waals surface area contributed by atoms with E-state index in [1.165, 1.54) is 18.4 Å². The summed E-state index contributed by atoms with van der Waals surface area (Å²) in [6.07, 6.45) is 6.12. The first kappa shape index (κ1) is 22.1. The Kier molecular flexibility index (Phi) is 6.90. The van der Waals surface area contributed by atoms with Crippen molar-refractivity contribution in [3.8, 4) is 5.75 Å². The topological polar surface area (TPSA) is 60.9 Å². The van der Waals surface area contributed by atoms with Crippen LogP contribution in [0.1, 0.15) is 35.1 Å². The lowest BCUT2D eigenvalue weighted by Crippen LogP contribution is -2.37. The van der Waals surface area contributed by atoms with E-state index in [1.54, 1.807) is 11.2 Å². The third-order valence-electron chi connectivity index (χ3n) is 5.98. The van der Waals surface area contributed by atoms with E-state index in [4.69, 9.17) is 4.74 Å². The summed E-state index contributed by atoms with van der Waals surface area (Å²) >= 11 is 0. The van der Waals surface area contributed by atoms with Gasteiger partial charge in [0.05, 0.1) is 12.8 Å². The van der Waals surface area contributed by atoms with E-state index in [0.717, 1.165) is 53.0 Å². The van der Waals surface area contributed by atoms with Crippen molar-refractivity contribution in [2.75, 3.05) is 32.8 Å². The molecule has 1 aliphatic heterocycles. The summed E-state index contributed by atoms with van der Waals surface area (Å²) in [7, 11) is 0. The minimum absolute atomic E-state index is 0.0300. The second-order valence-electron chi connectivity index (χ2n) is 8.65. The Balaban J connectivity index is 1.46. The van der Waals surface area contributed by atoms with Crippen LogP contribution in [0.25, 0.3) is 10.9 Å². The van der Waals surface area contributed by atoms with E-state index in [1.807, 2.05) is 38.2 Å². The molecule has 0 spiro atoms. The van der Waals surface area contributed by atoms with Crippen LogP contribution in [-0.2, 0) is 4.79 Å². The zero-order chi connectivity index (χ0) is 22.5. The molecule has 1 N–H and O–H groups in total. The lowest BCUT2D eigenvalue weighted by molar-refractivity contribution is -0.133. The van der Waals surface area contributed by atoms with E-state index >= 15 is 0 Å². The quantitative estimate of drug-likeness (QED) is 0.423. The minimum Gasteiger partial charge on any atom is -0.483 e. The van der Waals surface area contributed by atoms with Crippen LogP contribution in [0.4, 0.5) is 0 Å². The van der Waals surface area contributed by atoms with Gasteiger partial charge in [-0.15, -0.1) is 0 Å². The number of hydrazone groups is 1. The Hall–Kier alpha value is -3.12. The largest absolute Gasteiger partial charge is 0.483 e. The first-order chi connectivity index (χ1) is 15.5. The van der Waals surface area contributed by atoms with Crippen LogP contribution in [0, 0.1) is 20.8 Å². The van der Waals surface area contributed by atoms with Gasteiger partial charge in [0.25, 0.3) is 5.91 Å². The summed E-state index contributed by atoms with van der Waals surface area (Å²) in [5.41, 5.74) is 5.28. The van der Waals surface area contributed by atoms with Crippen molar-refractivity contribution in [1.82, 2.24) is 14.9 Å².